The molecule has 2 atom stereocenters. The van der Waals surface area contributed by atoms with Gasteiger partial charge in [0, 0.05) is 36.4 Å². The van der Waals surface area contributed by atoms with Crippen molar-refractivity contribution < 1.29 is 19.1 Å². The van der Waals surface area contributed by atoms with E-state index >= 15 is 0 Å². The van der Waals surface area contributed by atoms with E-state index in [9.17, 15) is 14.0 Å². The lowest BCUT2D eigenvalue weighted by Crippen LogP contribution is -2.43. The molecule has 2 aliphatic rings. The van der Waals surface area contributed by atoms with Crippen LogP contribution in [0.25, 0.3) is 0 Å². The number of nitrogens with zero attached hydrogens (tertiary/aromatic N) is 2. The molecule has 1 aliphatic carbocycles. The van der Waals surface area contributed by atoms with Crippen LogP contribution in [0.5, 0.6) is 0 Å². The third kappa shape index (κ3) is 5.68. The van der Waals surface area contributed by atoms with Gasteiger partial charge in [-0.3, -0.25) is 19.4 Å². The van der Waals surface area contributed by atoms with E-state index in [4.69, 9.17) is 17.7 Å². The Morgan fingerprint density at radius 1 is 1.34 bits per heavy atom. The summed E-state index contributed by atoms with van der Waals surface area (Å²) in [5, 5.41) is 9.09. The molecule has 1 saturated heterocycles. The summed E-state index contributed by atoms with van der Waals surface area (Å²) in [7, 11) is 0. The monoisotopic (exact) mass is 420 g/mol. The lowest BCUT2D eigenvalue weighted by molar-refractivity contribution is -0.138. The number of hydrogen-bond donors (Lipinski definition) is 2. The number of carboxylic acids is 1. The van der Waals surface area contributed by atoms with Crippen molar-refractivity contribution in [1.82, 2.24) is 9.80 Å². The molecule has 1 aromatic carbocycles. The minimum Gasteiger partial charge on any atom is -0.480 e. The lowest BCUT2D eigenvalue weighted by Gasteiger charge is -2.38. The Morgan fingerprint density at radius 3 is 2.69 bits per heavy atom. The summed E-state index contributed by atoms with van der Waals surface area (Å²) >= 11 is 4.69. The molecule has 1 N–H and O–H groups in total. The smallest absolute Gasteiger partial charge is 0.317 e. The van der Waals surface area contributed by atoms with Gasteiger partial charge < -0.3 is 5.11 Å². The predicted molar refractivity (Wildman–Crippen MR) is 114 cm³/mol. The molecule has 0 radical (unpaired) electrons. The van der Waals surface area contributed by atoms with E-state index in [0.29, 0.717) is 31.7 Å². The number of halogens is 1. The van der Waals surface area contributed by atoms with Crippen molar-refractivity contribution in [3.8, 4) is 0 Å². The molecule has 158 valence electrons. The van der Waals surface area contributed by atoms with Crippen molar-refractivity contribution in [2.24, 2.45) is 5.92 Å². The highest BCUT2D eigenvalue weighted by Crippen LogP contribution is 2.39. The van der Waals surface area contributed by atoms with Gasteiger partial charge in [0.2, 0.25) is 0 Å². The van der Waals surface area contributed by atoms with E-state index in [2.05, 4.69) is 4.90 Å². The van der Waals surface area contributed by atoms with Crippen molar-refractivity contribution in [1.29, 1.82) is 0 Å². The second kappa shape index (κ2) is 9.87. The highest BCUT2D eigenvalue weighted by molar-refractivity contribution is 7.81. The zero-order valence-electron chi connectivity index (χ0n) is 16.8. The number of rotatable bonds is 9. The molecule has 1 aliphatic heterocycles. The molecule has 1 saturated carbocycles. The van der Waals surface area contributed by atoms with Gasteiger partial charge in [0.05, 0.1) is 12.6 Å². The standard InChI is InChI=1S/C22H29FN2O3S/c1-2-24(14-20(26)27)11-9-16-13-25(12-10-19(16)29)21(22(28)15-7-8-15)17-5-3-4-6-18(17)23/h3-6,9,15,19,21,29H,2,7-8,10-14H2,1H3,(H,26,27). The second-order valence-corrected chi connectivity index (χ2v) is 8.50. The molecule has 3 rings (SSSR count). The highest BCUT2D eigenvalue weighted by atomic mass is 32.1. The molecule has 0 aromatic heterocycles. The van der Waals surface area contributed by atoms with E-state index in [1.54, 1.807) is 18.2 Å². The van der Waals surface area contributed by atoms with Gasteiger partial charge in [-0.2, -0.15) is 12.6 Å². The van der Waals surface area contributed by atoms with Crippen LogP contribution in [0.1, 0.15) is 37.8 Å². The van der Waals surface area contributed by atoms with E-state index in [1.165, 1.54) is 6.07 Å². The minimum absolute atomic E-state index is 0.0146. The first-order valence-corrected chi connectivity index (χ1v) is 10.8. The summed E-state index contributed by atoms with van der Waals surface area (Å²) < 4.78 is 14.6. The van der Waals surface area contributed by atoms with E-state index in [1.807, 2.05) is 17.9 Å². The van der Waals surface area contributed by atoms with Crippen LogP contribution >= 0.6 is 12.6 Å². The van der Waals surface area contributed by atoms with Crippen LogP contribution in [0.4, 0.5) is 4.39 Å². The molecule has 0 amide bonds. The topological polar surface area (TPSA) is 60.9 Å². The normalized spacial score (nSPS) is 22.8. The fourth-order valence-electron chi connectivity index (χ4n) is 3.87. The Kier molecular flexibility index (Phi) is 7.49. The number of ketones is 1. The van der Waals surface area contributed by atoms with Crippen LogP contribution in [0.15, 0.2) is 35.9 Å². The van der Waals surface area contributed by atoms with Crippen molar-refractivity contribution in [3.63, 3.8) is 0 Å². The maximum absolute atomic E-state index is 14.6. The van der Waals surface area contributed by atoms with Crippen molar-refractivity contribution in [2.45, 2.75) is 37.5 Å². The van der Waals surface area contributed by atoms with Gasteiger partial charge in [0.1, 0.15) is 5.82 Å². The number of piperidine rings is 1. The van der Waals surface area contributed by atoms with Gasteiger partial charge in [-0.1, -0.05) is 31.2 Å². The van der Waals surface area contributed by atoms with Crippen molar-refractivity contribution in [3.05, 3.63) is 47.3 Å². The molecule has 0 bridgehead atoms. The molecule has 5 nitrogen and oxygen atoms in total. The summed E-state index contributed by atoms with van der Waals surface area (Å²) in [6, 6.07) is 5.97. The Labute approximate surface area is 177 Å². The summed E-state index contributed by atoms with van der Waals surface area (Å²) in [5.74, 6) is -1.06. The summed E-state index contributed by atoms with van der Waals surface area (Å²) in [6.45, 7) is 4.28. The first-order chi connectivity index (χ1) is 13.9. The third-order valence-electron chi connectivity index (χ3n) is 5.74. The quantitative estimate of drug-likeness (QED) is 0.475. The number of likely N-dealkylation sites (tertiary alicyclic amines) is 1. The zero-order valence-corrected chi connectivity index (χ0v) is 17.7. The summed E-state index contributed by atoms with van der Waals surface area (Å²) in [4.78, 5) is 28.0. The molecule has 2 fully saturated rings. The Bertz CT molecular complexity index is 781. The van der Waals surface area contributed by atoms with Gasteiger partial charge >= 0.3 is 5.97 Å². The highest BCUT2D eigenvalue weighted by Gasteiger charge is 2.40. The molecule has 29 heavy (non-hydrogen) atoms. The fraction of sp³-hybridized carbons (Fsp3) is 0.545. The number of carbonyl (C=O) groups is 2. The minimum atomic E-state index is -0.854. The maximum Gasteiger partial charge on any atom is 0.317 e. The van der Waals surface area contributed by atoms with Crippen LogP contribution in [-0.4, -0.2) is 64.6 Å². The number of carbonyl (C=O) groups excluding carboxylic acids is 1. The zero-order chi connectivity index (χ0) is 21.0. The van der Waals surface area contributed by atoms with Crippen LogP contribution in [0.2, 0.25) is 0 Å². The lowest BCUT2D eigenvalue weighted by atomic mass is 9.93. The van der Waals surface area contributed by atoms with Crippen LogP contribution in [0.3, 0.4) is 0 Å². The number of Topliss-reactive ketones (excluding diaryl/α,β-unsaturated/α-hetero) is 1. The first kappa shape index (κ1) is 22.0. The average molecular weight is 421 g/mol. The van der Waals surface area contributed by atoms with Crippen LogP contribution in [-0.2, 0) is 9.59 Å². The summed E-state index contributed by atoms with van der Waals surface area (Å²) in [5.41, 5.74) is 1.51. The van der Waals surface area contributed by atoms with E-state index < -0.39 is 12.0 Å². The maximum atomic E-state index is 14.6. The Hall–Kier alpha value is -1.70. The van der Waals surface area contributed by atoms with Gasteiger partial charge in [-0.05, 0) is 37.4 Å². The molecule has 0 spiro atoms. The number of aliphatic carboxylic acids is 1. The molecule has 2 unspecified atom stereocenters. The van der Waals surface area contributed by atoms with E-state index in [-0.39, 0.29) is 29.3 Å². The van der Waals surface area contributed by atoms with Crippen molar-refractivity contribution >= 4 is 24.4 Å². The third-order valence-corrected chi connectivity index (χ3v) is 6.33. The Morgan fingerprint density at radius 2 is 2.07 bits per heavy atom. The number of thiol groups is 1. The number of carboxylic acid groups (broad SMARTS) is 1. The fourth-order valence-corrected chi connectivity index (χ4v) is 4.18. The van der Waals surface area contributed by atoms with Crippen LogP contribution < -0.4 is 0 Å². The number of benzene rings is 1. The Balaban J connectivity index is 1.80. The van der Waals surface area contributed by atoms with Gasteiger partial charge in [0.25, 0.3) is 0 Å². The molecule has 1 heterocycles. The second-order valence-electron chi connectivity index (χ2n) is 7.88. The predicted octanol–water partition coefficient (Wildman–Crippen LogP) is 3.18. The SMILES string of the molecule is CCN(CC=C1CN(C(C(=O)C2CC2)c2ccccc2F)CCC1S)CC(=O)O. The number of hydrogen-bond acceptors (Lipinski definition) is 5. The van der Waals surface area contributed by atoms with Gasteiger partial charge in [-0.15, -0.1) is 0 Å². The molecular formula is C22H29FN2O3S. The first-order valence-electron chi connectivity index (χ1n) is 10.2. The largest absolute Gasteiger partial charge is 0.480 e. The number of likely N-dealkylation sites (N-methyl/N-ethyl adjacent to an activating group) is 1. The summed E-state index contributed by atoms with van der Waals surface area (Å²) in [6.07, 6.45) is 4.56. The molecular weight excluding hydrogens is 391 g/mol. The van der Waals surface area contributed by atoms with E-state index in [0.717, 1.165) is 24.8 Å². The van der Waals surface area contributed by atoms with Gasteiger partial charge in [-0.25, -0.2) is 4.39 Å². The van der Waals surface area contributed by atoms with Crippen molar-refractivity contribution in [2.75, 3.05) is 32.7 Å². The van der Waals surface area contributed by atoms with Gasteiger partial charge in [0.15, 0.2) is 5.78 Å². The van der Waals surface area contributed by atoms with Crippen LogP contribution in [0, 0.1) is 11.7 Å². The molecule has 7 heteroatoms. The average Bonchev–Trinajstić information content (AvgIpc) is 3.53. The molecule has 1 aromatic rings.